The van der Waals surface area contributed by atoms with Crippen molar-refractivity contribution in [1.29, 1.82) is 0 Å². The summed E-state index contributed by atoms with van der Waals surface area (Å²) in [5, 5.41) is 0. The van der Waals surface area contributed by atoms with Crippen molar-refractivity contribution in [2.45, 2.75) is 31.1 Å². The molecule has 0 aliphatic carbocycles. The Morgan fingerprint density at radius 3 is 2.45 bits per heavy atom. The van der Waals surface area contributed by atoms with Crippen LogP contribution in [0.4, 0.5) is 0 Å². The van der Waals surface area contributed by atoms with Crippen molar-refractivity contribution in [3.63, 3.8) is 0 Å². The number of hydrogen-bond donors (Lipinski definition) is 0. The Morgan fingerprint density at radius 1 is 1.00 bits per heavy atom. The van der Waals surface area contributed by atoms with Crippen molar-refractivity contribution >= 4 is 11.8 Å². The summed E-state index contributed by atoms with van der Waals surface area (Å²) in [6.45, 7) is 5.21. The summed E-state index contributed by atoms with van der Waals surface area (Å²) in [6, 6.07) is 18.8. The summed E-state index contributed by atoms with van der Waals surface area (Å²) >= 11 is 1.83. The molecule has 2 heteroatoms. The first-order valence-electron chi connectivity index (χ1n) is 7.21. The Balaban J connectivity index is 1.85. The van der Waals surface area contributed by atoms with Crippen molar-refractivity contribution < 1.29 is 4.74 Å². The normalized spacial score (nSPS) is 12.1. The SMILES string of the molecule is CCC(C)c1ccccc1OCCSc1ccccc1. The summed E-state index contributed by atoms with van der Waals surface area (Å²) in [5.41, 5.74) is 1.32. The van der Waals surface area contributed by atoms with Crippen LogP contribution in [-0.4, -0.2) is 12.4 Å². The van der Waals surface area contributed by atoms with E-state index in [-0.39, 0.29) is 0 Å². The molecule has 0 amide bonds. The fraction of sp³-hybridized carbons (Fsp3) is 0.333. The molecule has 1 atom stereocenters. The van der Waals surface area contributed by atoms with Crippen molar-refractivity contribution in [1.82, 2.24) is 0 Å². The van der Waals surface area contributed by atoms with Gasteiger partial charge in [-0.1, -0.05) is 50.2 Å². The molecule has 0 aromatic heterocycles. The molecule has 2 aromatic rings. The predicted molar refractivity (Wildman–Crippen MR) is 87.8 cm³/mol. The lowest BCUT2D eigenvalue weighted by atomic mass is 9.98. The molecule has 1 unspecified atom stereocenters. The zero-order valence-electron chi connectivity index (χ0n) is 12.2. The molecule has 0 fully saturated rings. The molecule has 0 spiro atoms. The molecule has 2 aromatic carbocycles. The topological polar surface area (TPSA) is 9.23 Å². The van der Waals surface area contributed by atoms with Gasteiger partial charge in [0.05, 0.1) is 6.61 Å². The molecule has 0 heterocycles. The van der Waals surface area contributed by atoms with Gasteiger partial charge < -0.3 is 4.74 Å². The first-order valence-corrected chi connectivity index (χ1v) is 8.19. The number of hydrogen-bond acceptors (Lipinski definition) is 2. The third-order valence-electron chi connectivity index (χ3n) is 3.42. The highest BCUT2D eigenvalue weighted by atomic mass is 32.2. The Bertz CT molecular complexity index is 510. The van der Waals surface area contributed by atoms with Crippen LogP contribution in [0.15, 0.2) is 59.5 Å². The smallest absolute Gasteiger partial charge is 0.122 e. The van der Waals surface area contributed by atoms with E-state index in [4.69, 9.17) is 4.74 Å². The van der Waals surface area contributed by atoms with E-state index in [1.54, 1.807) is 0 Å². The Hall–Kier alpha value is -1.41. The van der Waals surface area contributed by atoms with Crippen LogP contribution in [-0.2, 0) is 0 Å². The lowest BCUT2D eigenvalue weighted by Crippen LogP contribution is -2.04. The van der Waals surface area contributed by atoms with Crippen LogP contribution in [0.2, 0.25) is 0 Å². The van der Waals surface area contributed by atoms with Gasteiger partial charge in [-0.05, 0) is 36.1 Å². The Labute approximate surface area is 126 Å². The largest absolute Gasteiger partial charge is 0.492 e. The molecule has 20 heavy (non-hydrogen) atoms. The van der Waals surface area contributed by atoms with Crippen LogP contribution in [0.3, 0.4) is 0 Å². The maximum absolute atomic E-state index is 5.96. The van der Waals surface area contributed by atoms with Crippen LogP contribution in [0.1, 0.15) is 31.7 Å². The number of benzene rings is 2. The van der Waals surface area contributed by atoms with Gasteiger partial charge in [-0.3, -0.25) is 0 Å². The molecule has 0 aliphatic rings. The van der Waals surface area contributed by atoms with Gasteiger partial charge in [-0.25, -0.2) is 0 Å². The summed E-state index contributed by atoms with van der Waals surface area (Å²) < 4.78 is 5.96. The van der Waals surface area contributed by atoms with Crippen LogP contribution >= 0.6 is 11.8 Å². The molecule has 0 aliphatic heterocycles. The molecule has 0 saturated carbocycles. The summed E-state index contributed by atoms with van der Waals surface area (Å²) in [6.07, 6.45) is 1.14. The van der Waals surface area contributed by atoms with E-state index in [0.29, 0.717) is 5.92 Å². The number of para-hydroxylation sites is 1. The number of ether oxygens (including phenoxy) is 1. The second-order valence-corrected chi connectivity index (χ2v) is 6.03. The maximum Gasteiger partial charge on any atom is 0.122 e. The van der Waals surface area contributed by atoms with Crippen molar-refractivity contribution in [2.24, 2.45) is 0 Å². The third kappa shape index (κ3) is 4.31. The average molecular weight is 286 g/mol. The van der Waals surface area contributed by atoms with E-state index in [1.807, 2.05) is 23.9 Å². The van der Waals surface area contributed by atoms with Crippen LogP contribution < -0.4 is 4.74 Å². The van der Waals surface area contributed by atoms with E-state index in [2.05, 4.69) is 56.3 Å². The van der Waals surface area contributed by atoms with E-state index in [9.17, 15) is 0 Å². The Morgan fingerprint density at radius 2 is 1.70 bits per heavy atom. The zero-order valence-corrected chi connectivity index (χ0v) is 13.0. The summed E-state index contributed by atoms with van der Waals surface area (Å²) in [4.78, 5) is 1.30. The Kier molecular flexibility index (Phi) is 6.00. The van der Waals surface area contributed by atoms with E-state index < -0.39 is 0 Å². The van der Waals surface area contributed by atoms with Gasteiger partial charge in [-0.2, -0.15) is 0 Å². The average Bonchev–Trinajstić information content (AvgIpc) is 2.52. The fourth-order valence-corrected chi connectivity index (χ4v) is 2.82. The number of thioether (sulfide) groups is 1. The quantitative estimate of drug-likeness (QED) is 0.500. The molecule has 1 nitrogen and oxygen atoms in total. The molecule has 0 radical (unpaired) electrons. The van der Waals surface area contributed by atoms with Crippen molar-refractivity contribution in [3.8, 4) is 5.75 Å². The molecule has 0 saturated heterocycles. The maximum atomic E-state index is 5.96. The lowest BCUT2D eigenvalue weighted by Gasteiger charge is -2.15. The highest BCUT2D eigenvalue weighted by Gasteiger charge is 2.09. The third-order valence-corrected chi connectivity index (χ3v) is 4.39. The highest BCUT2D eigenvalue weighted by Crippen LogP contribution is 2.28. The van der Waals surface area contributed by atoms with Crippen LogP contribution in [0.25, 0.3) is 0 Å². The van der Waals surface area contributed by atoms with Crippen LogP contribution in [0.5, 0.6) is 5.75 Å². The van der Waals surface area contributed by atoms with E-state index >= 15 is 0 Å². The first-order chi connectivity index (χ1) is 9.81. The highest BCUT2D eigenvalue weighted by molar-refractivity contribution is 7.99. The van der Waals surface area contributed by atoms with Gasteiger partial charge in [-0.15, -0.1) is 11.8 Å². The van der Waals surface area contributed by atoms with E-state index in [0.717, 1.165) is 24.5 Å². The molecule has 106 valence electrons. The minimum absolute atomic E-state index is 0.549. The first kappa shape index (κ1) is 15.0. The summed E-state index contributed by atoms with van der Waals surface area (Å²) in [7, 11) is 0. The second-order valence-electron chi connectivity index (χ2n) is 4.86. The fourth-order valence-electron chi connectivity index (χ4n) is 2.07. The van der Waals surface area contributed by atoms with Gasteiger partial charge in [0.2, 0.25) is 0 Å². The zero-order chi connectivity index (χ0) is 14.2. The van der Waals surface area contributed by atoms with E-state index in [1.165, 1.54) is 10.5 Å². The minimum atomic E-state index is 0.549. The second kappa shape index (κ2) is 8.01. The number of rotatable bonds is 7. The molecule has 0 N–H and O–H groups in total. The minimum Gasteiger partial charge on any atom is -0.492 e. The van der Waals surface area contributed by atoms with Gasteiger partial charge in [0, 0.05) is 10.6 Å². The lowest BCUT2D eigenvalue weighted by molar-refractivity contribution is 0.338. The van der Waals surface area contributed by atoms with Gasteiger partial charge in [0.1, 0.15) is 5.75 Å². The van der Waals surface area contributed by atoms with Crippen molar-refractivity contribution in [3.05, 3.63) is 60.2 Å². The van der Waals surface area contributed by atoms with Crippen LogP contribution in [0, 0.1) is 0 Å². The molecule has 2 rings (SSSR count). The van der Waals surface area contributed by atoms with Gasteiger partial charge in [0.15, 0.2) is 0 Å². The molecular weight excluding hydrogens is 264 g/mol. The monoisotopic (exact) mass is 286 g/mol. The van der Waals surface area contributed by atoms with Gasteiger partial charge >= 0.3 is 0 Å². The molecular formula is C18H22OS. The van der Waals surface area contributed by atoms with Crippen molar-refractivity contribution in [2.75, 3.05) is 12.4 Å². The predicted octanol–water partition coefficient (Wildman–Crippen LogP) is 5.37. The standard InChI is InChI=1S/C18H22OS/c1-3-15(2)17-11-7-8-12-18(17)19-13-14-20-16-9-5-4-6-10-16/h4-12,15H,3,13-14H2,1-2H3. The summed E-state index contributed by atoms with van der Waals surface area (Å²) in [5.74, 6) is 2.56. The van der Waals surface area contributed by atoms with Gasteiger partial charge in [0.25, 0.3) is 0 Å². The molecule has 0 bridgehead atoms.